The SMILES string of the molecule is COc1ccc(C=O)cc1OS(=O)(=O)F. The van der Waals surface area contributed by atoms with Crippen molar-refractivity contribution in [3.05, 3.63) is 23.8 Å². The highest BCUT2D eigenvalue weighted by molar-refractivity contribution is 7.81. The summed E-state index contributed by atoms with van der Waals surface area (Å²) < 4.78 is 41.4. The molecule has 5 nitrogen and oxygen atoms in total. The number of benzene rings is 1. The van der Waals surface area contributed by atoms with Crippen LogP contribution in [0, 0.1) is 0 Å². The standard InChI is InChI=1S/C8H7FO5S/c1-13-7-3-2-6(5-10)4-8(7)14-15(9,11)12/h2-5H,1H3. The summed E-state index contributed by atoms with van der Waals surface area (Å²) in [6, 6.07) is 3.73. The summed E-state index contributed by atoms with van der Waals surface area (Å²) in [5.41, 5.74) is 0.148. The Morgan fingerprint density at radius 1 is 1.33 bits per heavy atom. The van der Waals surface area contributed by atoms with Crippen LogP contribution in [0.3, 0.4) is 0 Å². The number of methoxy groups -OCH3 is 1. The van der Waals surface area contributed by atoms with Gasteiger partial charge in [-0.05, 0) is 18.2 Å². The fourth-order valence-corrected chi connectivity index (χ4v) is 1.28. The van der Waals surface area contributed by atoms with E-state index in [0.29, 0.717) is 6.29 Å². The van der Waals surface area contributed by atoms with Crippen molar-refractivity contribution in [3.63, 3.8) is 0 Å². The number of aldehydes is 1. The van der Waals surface area contributed by atoms with Crippen molar-refractivity contribution in [2.45, 2.75) is 0 Å². The van der Waals surface area contributed by atoms with Gasteiger partial charge in [0.25, 0.3) is 0 Å². The van der Waals surface area contributed by atoms with Crippen LogP contribution in [0.15, 0.2) is 18.2 Å². The molecule has 0 radical (unpaired) electrons. The first-order valence-electron chi connectivity index (χ1n) is 3.73. The molecule has 0 aromatic heterocycles. The summed E-state index contributed by atoms with van der Waals surface area (Å²) in [5, 5.41) is 0. The molecule has 82 valence electrons. The maximum absolute atomic E-state index is 12.2. The second-order valence-corrected chi connectivity index (χ2v) is 3.46. The molecular weight excluding hydrogens is 227 g/mol. The molecule has 0 heterocycles. The van der Waals surface area contributed by atoms with E-state index in [9.17, 15) is 17.1 Å². The second kappa shape index (κ2) is 4.26. The van der Waals surface area contributed by atoms with Gasteiger partial charge < -0.3 is 8.92 Å². The molecule has 0 aliphatic heterocycles. The van der Waals surface area contributed by atoms with E-state index in [1.165, 1.54) is 19.2 Å². The molecule has 7 heteroatoms. The summed E-state index contributed by atoms with van der Waals surface area (Å²) in [7, 11) is -3.87. The van der Waals surface area contributed by atoms with Gasteiger partial charge in [-0.25, -0.2) is 0 Å². The van der Waals surface area contributed by atoms with E-state index < -0.39 is 10.5 Å². The fourth-order valence-electron chi connectivity index (χ4n) is 0.939. The molecule has 1 aromatic carbocycles. The topological polar surface area (TPSA) is 69.7 Å². The van der Waals surface area contributed by atoms with Crippen LogP contribution < -0.4 is 8.92 Å². The van der Waals surface area contributed by atoms with E-state index in [0.717, 1.165) is 6.07 Å². The lowest BCUT2D eigenvalue weighted by Gasteiger charge is -2.06. The third-order valence-corrected chi connectivity index (χ3v) is 1.89. The largest absolute Gasteiger partial charge is 0.493 e. The Hall–Kier alpha value is -1.63. The molecule has 0 spiro atoms. The van der Waals surface area contributed by atoms with Crippen LogP contribution in [0.1, 0.15) is 10.4 Å². The fraction of sp³-hybridized carbons (Fsp3) is 0.125. The molecule has 0 aliphatic rings. The lowest BCUT2D eigenvalue weighted by molar-refractivity contribution is 0.112. The quantitative estimate of drug-likeness (QED) is 0.576. The minimum absolute atomic E-state index is 0.0156. The lowest BCUT2D eigenvalue weighted by Crippen LogP contribution is -2.03. The Morgan fingerprint density at radius 2 is 2.00 bits per heavy atom. The monoisotopic (exact) mass is 234 g/mol. The zero-order valence-electron chi connectivity index (χ0n) is 7.64. The number of carbonyl (C=O) groups excluding carboxylic acids is 1. The van der Waals surface area contributed by atoms with Crippen LogP contribution in [-0.2, 0) is 10.5 Å². The number of rotatable bonds is 4. The number of carbonyl (C=O) groups is 1. The Morgan fingerprint density at radius 3 is 2.47 bits per heavy atom. The molecule has 0 saturated heterocycles. The molecule has 15 heavy (non-hydrogen) atoms. The Balaban J connectivity index is 3.17. The smallest absolute Gasteiger partial charge is 0.488 e. The molecular formula is C8H7FO5S. The van der Waals surface area contributed by atoms with E-state index in [-0.39, 0.29) is 17.1 Å². The number of ether oxygens (including phenoxy) is 1. The van der Waals surface area contributed by atoms with Crippen molar-refractivity contribution in [1.82, 2.24) is 0 Å². The highest BCUT2D eigenvalue weighted by atomic mass is 32.3. The van der Waals surface area contributed by atoms with Crippen LogP contribution in [0.25, 0.3) is 0 Å². The third-order valence-electron chi connectivity index (χ3n) is 1.51. The van der Waals surface area contributed by atoms with Gasteiger partial charge in [0, 0.05) is 5.56 Å². The predicted molar refractivity (Wildman–Crippen MR) is 49.0 cm³/mol. The molecule has 1 aromatic rings. The van der Waals surface area contributed by atoms with Crippen molar-refractivity contribution >= 4 is 16.8 Å². The highest BCUT2D eigenvalue weighted by Gasteiger charge is 2.14. The van der Waals surface area contributed by atoms with Gasteiger partial charge in [0.05, 0.1) is 7.11 Å². The third kappa shape index (κ3) is 3.21. The predicted octanol–water partition coefficient (Wildman–Crippen LogP) is 1.10. The average Bonchev–Trinajstić information content (AvgIpc) is 2.15. The van der Waals surface area contributed by atoms with Crippen LogP contribution in [0.2, 0.25) is 0 Å². The summed E-state index contributed by atoms with van der Waals surface area (Å²) in [6.07, 6.45) is 0.469. The summed E-state index contributed by atoms with van der Waals surface area (Å²) in [4.78, 5) is 10.4. The first-order valence-corrected chi connectivity index (χ1v) is 5.04. The van der Waals surface area contributed by atoms with Crippen molar-refractivity contribution in [3.8, 4) is 11.5 Å². The first kappa shape index (κ1) is 11.4. The minimum Gasteiger partial charge on any atom is -0.493 e. The maximum Gasteiger partial charge on any atom is 0.488 e. The van der Waals surface area contributed by atoms with Gasteiger partial charge in [-0.15, -0.1) is 0 Å². The Labute approximate surface area is 85.8 Å². The lowest BCUT2D eigenvalue weighted by atomic mass is 10.2. The van der Waals surface area contributed by atoms with Gasteiger partial charge in [-0.1, -0.05) is 3.89 Å². The molecule has 0 atom stereocenters. The molecule has 0 unspecified atom stereocenters. The minimum atomic E-state index is -5.13. The molecule has 0 N–H and O–H groups in total. The van der Waals surface area contributed by atoms with Crippen LogP contribution in [0.5, 0.6) is 11.5 Å². The average molecular weight is 234 g/mol. The highest BCUT2D eigenvalue weighted by Crippen LogP contribution is 2.28. The zero-order chi connectivity index (χ0) is 11.5. The van der Waals surface area contributed by atoms with Gasteiger partial charge in [0.1, 0.15) is 6.29 Å². The van der Waals surface area contributed by atoms with Gasteiger partial charge >= 0.3 is 10.5 Å². The van der Waals surface area contributed by atoms with E-state index in [1.807, 2.05) is 0 Å². The molecule has 0 fully saturated rings. The Bertz CT molecular complexity index is 468. The van der Waals surface area contributed by atoms with Crippen molar-refractivity contribution < 1.29 is 26.0 Å². The molecule has 0 aliphatic carbocycles. The second-order valence-electron chi connectivity index (χ2n) is 2.50. The summed E-state index contributed by atoms with van der Waals surface area (Å²) >= 11 is 0. The van der Waals surface area contributed by atoms with Crippen LogP contribution in [0.4, 0.5) is 3.89 Å². The number of hydrogen-bond acceptors (Lipinski definition) is 5. The van der Waals surface area contributed by atoms with Crippen molar-refractivity contribution in [2.75, 3.05) is 7.11 Å². The van der Waals surface area contributed by atoms with Crippen LogP contribution in [-0.4, -0.2) is 21.8 Å². The molecule has 0 amide bonds. The maximum atomic E-state index is 12.2. The molecule has 0 bridgehead atoms. The zero-order valence-corrected chi connectivity index (χ0v) is 8.45. The van der Waals surface area contributed by atoms with Gasteiger partial charge in [-0.2, -0.15) is 8.42 Å². The van der Waals surface area contributed by atoms with Crippen molar-refractivity contribution in [2.24, 2.45) is 0 Å². The number of halogens is 1. The normalized spacial score (nSPS) is 10.8. The van der Waals surface area contributed by atoms with Gasteiger partial charge in [-0.3, -0.25) is 4.79 Å². The van der Waals surface area contributed by atoms with Gasteiger partial charge in [0.2, 0.25) is 0 Å². The van der Waals surface area contributed by atoms with Crippen LogP contribution >= 0.6 is 0 Å². The summed E-state index contributed by atoms with van der Waals surface area (Å²) in [5.74, 6) is -0.355. The number of hydrogen-bond donors (Lipinski definition) is 0. The molecule has 1 rings (SSSR count). The van der Waals surface area contributed by atoms with E-state index >= 15 is 0 Å². The van der Waals surface area contributed by atoms with Crippen molar-refractivity contribution in [1.29, 1.82) is 0 Å². The van der Waals surface area contributed by atoms with E-state index in [4.69, 9.17) is 4.74 Å². The van der Waals surface area contributed by atoms with E-state index in [1.54, 1.807) is 0 Å². The summed E-state index contributed by atoms with van der Waals surface area (Å²) in [6.45, 7) is 0. The van der Waals surface area contributed by atoms with Gasteiger partial charge in [0.15, 0.2) is 11.5 Å². The van der Waals surface area contributed by atoms with E-state index in [2.05, 4.69) is 4.18 Å². The molecule has 0 saturated carbocycles. The Kier molecular flexibility index (Phi) is 3.25. The first-order chi connectivity index (χ1) is 6.96.